The van der Waals surface area contributed by atoms with Gasteiger partial charge in [-0.25, -0.2) is 0 Å². The molecule has 1 aliphatic rings. The van der Waals surface area contributed by atoms with E-state index < -0.39 is 0 Å². The maximum Gasteiger partial charge on any atom is 0.254 e. The number of rotatable bonds is 4. The Balaban J connectivity index is 1.81. The first-order chi connectivity index (χ1) is 9.65. The molecule has 5 heteroatoms. The lowest BCUT2D eigenvalue weighted by atomic mass is 10.0. The highest BCUT2D eigenvalue weighted by Crippen LogP contribution is 2.41. The van der Waals surface area contributed by atoms with Gasteiger partial charge < -0.3 is 5.32 Å². The van der Waals surface area contributed by atoms with Gasteiger partial charge in [0.2, 0.25) is 0 Å². The van der Waals surface area contributed by atoms with Gasteiger partial charge in [0.15, 0.2) is 0 Å². The van der Waals surface area contributed by atoms with Crippen molar-refractivity contribution >= 4 is 40.4 Å². The van der Waals surface area contributed by atoms with E-state index in [1.54, 1.807) is 6.07 Å². The van der Waals surface area contributed by atoms with Crippen molar-refractivity contribution in [2.24, 2.45) is 5.92 Å². The molecule has 0 bridgehead atoms. The number of benzene rings is 1. The van der Waals surface area contributed by atoms with Crippen LogP contribution in [-0.2, 0) is 0 Å². The first-order valence-electron chi connectivity index (χ1n) is 6.46. The van der Waals surface area contributed by atoms with Crippen molar-refractivity contribution in [2.45, 2.75) is 18.9 Å². The standard InChI is InChI=1S/C15H13Cl2NOS/c16-12-8-11(14(17)20-12)15(19)18-13(10-6-7-10)9-4-2-1-3-5-9/h1-5,8,10,13H,6-7H2,(H,18,19). The molecule has 0 spiro atoms. The minimum absolute atomic E-state index is 0.0541. The average molecular weight is 326 g/mol. The molecule has 1 atom stereocenters. The third kappa shape index (κ3) is 3.00. The number of halogens is 2. The van der Waals surface area contributed by atoms with Crippen molar-refractivity contribution in [3.8, 4) is 0 Å². The van der Waals surface area contributed by atoms with Gasteiger partial charge in [0, 0.05) is 0 Å². The van der Waals surface area contributed by atoms with Gasteiger partial charge in [-0.05, 0) is 30.4 Å². The normalized spacial score (nSPS) is 15.9. The molecule has 1 heterocycles. The van der Waals surface area contributed by atoms with Crippen molar-refractivity contribution in [1.82, 2.24) is 5.32 Å². The van der Waals surface area contributed by atoms with Gasteiger partial charge in [-0.15, -0.1) is 11.3 Å². The van der Waals surface area contributed by atoms with Crippen LogP contribution in [0.1, 0.15) is 34.8 Å². The van der Waals surface area contributed by atoms with Crippen LogP contribution in [-0.4, -0.2) is 5.91 Å². The molecule has 104 valence electrons. The Morgan fingerprint density at radius 1 is 1.25 bits per heavy atom. The van der Waals surface area contributed by atoms with Crippen LogP contribution in [0.5, 0.6) is 0 Å². The number of carbonyl (C=O) groups excluding carboxylic acids is 1. The number of amides is 1. The second-order valence-corrected chi connectivity index (χ2v) is 7.22. The van der Waals surface area contributed by atoms with E-state index in [1.807, 2.05) is 30.3 Å². The Kier molecular flexibility index (Phi) is 4.01. The van der Waals surface area contributed by atoms with Crippen LogP contribution in [0.4, 0.5) is 0 Å². The predicted molar refractivity (Wildman–Crippen MR) is 83.7 cm³/mol. The lowest BCUT2D eigenvalue weighted by Gasteiger charge is -2.18. The Morgan fingerprint density at radius 3 is 2.50 bits per heavy atom. The monoisotopic (exact) mass is 325 g/mol. The van der Waals surface area contributed by atoms with Gasteiger partial charge in [-0.3, -0.25) is 4.79 Å². The molecule has 1 saturated carbocycles. The molecule has 1 aromatic heterocycles. The molecule has 1 aliphatic carbocycles. The van der Waals surface area contributed by atoms with Gasteiger partial charge in [0.25, 0.3) is 5.91 Å². The molecule has 1 fully saturated rings. The zero-order valence-corrected chi connectivity index (χ0v) is 12.9. The second kappa shape index (κ2) is 5.76. The lowest BCUT2D eigenvalue weighted by Crippen LogP contribution is -2.29. The number of carbonyl (C=O) groups is 1. The van der Waals surface area contributed by atoms with E-state index in [9.17, 15) is 4.79 Å². The minimum atomic E-state index is -0.154. The van der Waals surface area contributed by atoms with Crippen LogP contribution in [0, 0.1) is 5.92 Å². The molecule has 0 saturated heterocycles. The maximum absolute atomic E-state index is 12.3. The van der Waals surface area contributed by atoms with E-state index in [0.717, 1.165) is 18.4 Å². The van der Waals surface area contributed by atoms with Crippen LogP contribution in [0.25, 0.3) is 0 Å². The summed E-state index contributed by atoms with van der Waals surface area (Å²) < 4.78 is 0.970. The molecular formula is C15H13Cl2NOS. The molecule has 1 amide bonds. The zero-order chi connectivity index (χ0) is 14.1. The summed E-state index contributed by atoms with van der Waals surface area (Å²) in [5.74, 6) is 0.369. The predicted octanol–water partition coefficient (Wildman–Crippen LogP) is 4.94. The highest BCUT2D eigenvalue weighted by atomic mass is 35.5. The Labute approximate surface area is 131 Å². The van der Waals surface area contributed by atoms with E-state index in [2.05, 4.69) is 5.32 Å². The van der Waals surface area contributed by atoms with Crippen molar-refractivity contribution < 1.29 is 4.79 Å². The van der Waals surface area contributed by atoms with Crippen LogP contribution < -0.4 is 5.32 Å². The van der Waals surface area contributed by atoms with Crippen molar-refractivity contribution in [3.05, 3.63) is 56.2 Å². The van der Waals surface area contributed by atoms with Crippen molar-refractivity contribution in [3.63, 3.8) is 0 Å². The fraction of sp³-hybridized carbons (Fsp3) is 0.267. The van der Waals surface area contributed by atoms with Crippen LogP contribution in [0.2, 0.25) is 8.67 Å². The van der Waals surface area contributed by atoms with Gasteiger partial charge in [-0.1, -0.05) is 53.5 Å². The number of nitrogens with one attached hydrogen (secondary N) is 1. The summed E-state index contributed by atoms with van der Waals surface area (Å²) in [4.78, 5) is 12.3. The summed E-state index contributed by atoms with van der Waals surface area (Å²) in [6.07, 6.45) is 2.30. The molecule has 2 nitrogen and oxygen atoms in total. The summed E-state index contributed by atoms with van der Waals surface area (Å²) >= 11 is 13.1. The topological polar surface area (TPSA) is 29.1 Å². The lowest BCUT2D eigenvalue weighted by molar-refractivity contribution is 0.0932. The zero-order valence-electron chi connectivity index (χ0n) is 10.6. The Hall–Kier alpha value is -1.03. The van der Waals surface area contributed by atoms with Crippen molar-refractivity contribution in [2.75, 3.05) is 0 Å². The van der Waals surface area contributed by atoms with Crippen LogP contribution in [0.3, 0.4) is 0 Å². The number of hydrogen-bond donors (Lipinski definition) is 1. The second-order valence-electron chi connectivity index (χ2n) is 4.94. The largest absolute Gasteiger partial charge is 0.345 e. The molecule has 2 aromatic rings. The van der Waals surface area contributed by atoms with E-state index >= 15 is 0 Å². The first-order valence-corrected chi connectivity index (χ1v) is 8.03. The highest BCUT2D eigenvalue weighted by molar-refractivity contribution is 7.20. The Morgan fingerprint density at radius 2 is 1.95 bits per heavy atom. The molecule has 20 heavy (non-hydrogen) atoms. The smallest absolute Gasteiger partial charge is 0.254 e. The Bertz CT molecular complexity index is 622. The molecule has 0 radical (unpaired) electrons. The van der Waals surface area contributed by atoms with Crippen molar-refractivity contribution in [1.29, 1.82) is 0 Å². The van der Waals surface area contributed by atoms with E-state index in [4.69, 9.17) is 23.2 Å². The molecular weight excluding hydrogens is 313 g/mol. The fourth-order valence-corrected chi connectivity index (χ4v) is 3.74. The summed E-state index contributed by atoms with van der Waals surface area (Å²) in [5, 5.41) is 3.09. The summed E-state index contributed by atoms with van der Waals surface area (Å²) in [6, 6.07) is 11.7. The van der Waals surface area contributed by atoms with Gasteiger partial charge in [0.1, 0.15) is 4.34 Å². The third-order valence-corrected chi connectivity index (χ3v) is 4.93. The molecule has 1 aromatic carbocycles. The first kappa shape index (κ1) is 13.9. The van der Waals surface area contributed by atoms with Crippen LogP contribution in [0.15, 0.2) is 36.4 Å². The number of hydrogen-bond acceptors (Lipinski definition) is 2. The van der Waals surface area contributed by atoms with Gasteiger partial charge >= 0.3 is 0 Å². The molecule has 0 aliphatic heterocycles. The van der Waals surface area contributed by atoms with Crippen LogP contribution >= 0.6 is 34.5 Å². The summed E-state index contributed by atoms with van der Waals surface area (Å²) in [6.45, 7) is 0. The molecule has 1 unspecified atom stereocenters. The fourth-order valence-electron chi connectivity index (χ4n) is 2.28. The maximum atomic E-state index is 12.3. The van der Waals surface area contributed by atoms with Gasteiger partial charge in [0.05, 0.1) is 15.9 Å². The third-order valence-electron chi connectivity index (χ3n) is 3.44. The average Bonchev–Trinajstić information content (AvgIpc) is 3.22. The number of thiophene rings is 1. The molecule has 3 rings (SSSR count). The van der Waals surface area contributed by atoms with E-state index in [-0.39, 0.29) is 11.9 Å². The highest BCUT2D eigenvalue weighted by Gasteiger charge is 2.33. The van der Waals surface area contributed by atoms with E-state index in [1.165, 1.54) is 11.3 Å². The summed E-state index contributed by atoms with van der Waals surface area (Å²) in [7, 11) is 0. The molecule has 1 N–H and O–H groups in total. The SMILES string of the molecule is O=C(NC(c1ccccc1)C1CC1)c1cc(Cl)sc1Cl. The quantitative estimate of drug-likeness (QED) is 0.847. The summed E-state index contributed by atoms with van der Waals surface area (Å²) in [5.41, 5.74) is 1.60. The minimum Gasteiger partial charge on any atom is -0.345 e. The van der Waals surface area contributed by atoms with Gasteiger partial charge in [-0.2, -0.15) is 0 Å². The van der Waals surface area contributed by atoms with E-state index in [0.29, 0.717) is 20.2 Å².